The number of unbranched alkanes of at least 4 members (excludes halogenated alkanes) is 2. The highest BCUT2D eigenvalue weighted by Gasteiger charge is 2.17. The van der Waals surface area contributed by atoms with Crippen molar-refractivity contribution in [2.45, 2.75) is 65.2 Å². The monoisotopic (exact) mass is 410 g/mol. The van der Waals surface area contributed by atoms with Gasteiger partial charge < -0.3 is 15.4 Å². The van der Waals surface area contributed by atoms with Crippen LogP contribution >= 0.6 is 0 Å². The molecule has 162 valence electrons. The fourth-order valence-electron chi connectivity index (χ4n) is 2.99. The predicted molar refractivity (Wildman–Crippen MR) is 123 cm³/mol. The van der Waals surface area contributed by atoms with E-state index < -0.39 is 0 Å². The smallest absolute Gasteiger partial charge is 0.262 e. The summed E-state index contributed by atoms with van der Waals surface area (Å²) >= 11 is 0. The molecule has 0 aliphatic carbocycles. The van der Waals surface area contributed by atoms with Crippen molar-refractivity contribution in [3.05, 3.63) is 54.1 Å². The van der Waals surface area contributed by atoms with Crippen molar-refractivity contribution in [1.29, 1.82) is 0 Å². The van der Waals surface area contributed by atoms with Gasteiger partial charge in [0.05, 0.1) is 0 Å². The van der Waals surface area contributed by atoms with Crippen molar-refractivity contribution >= 4 is 23.2 Å². The van der Waals surface area contributed by atoms with Crippen LogP contribution in [0.4, 0.5) is 11.4 Å². The first-order chi connectivity index (χ1) is 14.3. The second-order valence-corrected chi connectivity index (χ2v) is 8.18. The molecule has 5 heteroatoms. The quantitative estimate of drug-likeness (QED) is 0.453. The van der Waals surface area contributed by atoms with E-state index in [1.165, 1.54) is 5.56 Å². The van der Waals surface area contributed by atoms with Crippen LogP contribution in [0.3, 0.4) is 0 Å². The Morgan fingerprint density at radius 3 is 2.13 bits per heavy atom. The second kappa shape index (κ2) is 11.4. The lowest BCUT2D eigenvalue weighted by atomic mass is 9.82. The molecule has 2 N–H and O–H groups in total. The van der Waals surface area contributed by atoms with Crippen LogP contribution in [-0.4, -0.2) is 18.4 Å². The second-order valence-electron chi connectivity index (χ2n) is 8.18. The van der Waals surface area contributed by atoms with E-state index in [-0.39, 0.29) is 23.8 Å². The first-order valence-corrected chi connectivity index (χ1v) is 10.8. The van der Waals surface area contributed by atoms with Crippen molar-refractivity contribution < 1.29 is 14.3 Å². The van der Waals surface area contributed by atoms with Crippen molar-refractivity contribution in [2.75, 3.05) is 17.2 Å². The van der Waals surface area contributed by atoms with Crippen LogP contribution in [-0.2, 0) is 15.0 Å². The molecular weight excluding hydrogens is 376 g/mol. The van der Waals surface area contributed by atoms with Gasteiger partial charge in [0.2, 0.25) is 5.91 Å². The number of nitrogens with one attached hydrogen (secondary N) is 2. The average molecular weight is 411 g/mol. The minimum absolute atomic E-state index is 0.00930. The number of hydrogen-bond acceptors (Lipinski definition) is 3. The molecule has 0 aliphatic rings. The summed E-state index contributed by atoms with van der Waals surface area (Å²) in [7, 11) is 0. The number of carbonyl (C=O) groups is 2. The van der Waals surface area contributed by atoms with Gasteiger partial charge >= 0.3 is 0 Å². The van der Waals surface area contributed by atoms with E-state index in [0.29, 0.717) is 23.5 Å². The molecule has 0 radical (unpaired) electrons. The summed E-state index contributed by atoms with van der Waals surface area (Å²) in [4.78, 5) is 24.2. The summed E-state index contributed by atoms with van der Waals surface area (Å²) in [5, 5.41) is 5.68. The predicted octanol–water partition coefficient (Wildman–Crippen LogP) is 5.91. The fourth-order valence-corrected chi connectivity index (χ4v) is 2.99. The molecule has 2 aromatic carbocycles. The molecule has 0 aromatic heterocycles. The lowest BCUT2D eigenvalue weighted by Crippen LogP contribution is -2.20. The van der Waals surface area contributed by atoms with E-state index in [2.05, 4.69) is 38.3 Å². The van der Waals surface area contributed by atoms with Crippen LogP contribution in [0.1, 0.15) is 65.4 Å². The Morgan fingerprint density at radius 2 is 1.53 bits per heavy atom. The average Bonchev–Trinajstić information content (AvgIpc) is 2.73. The van der Waals surface area contributed by atoms with Crippen molar-refractivity contribution in [1.82, 2.24) is 0 Å². The molecule has 0 unspecified atom stereocenters. The summed E-state index contributed by atoms with van der Waals surface area (Å²) in [6, 6.07) is 15.0. The van der Waals surface area contributed by atoms with Crippen molar-refractivity contribution in [3.8, 4) is 5.75 Å². The zero-order valence-electron chi connectivity index (χ0n) is 18.6. The summed E-state index contributed by atoms with van der Waals surface area (Å²) in [6.45, 7) is 8.61. The zero-order chi connectivity index (χ0) is 22.0. The molecule has 0 saturated carbocycles. The molecular formula is C25H34N2O3. The number of amides is 2. The molecule has 0 atom stereocenters. The molecule has 5 nitrogen and oxygen atoms in total. The van der Waals surface area contributed by atoms with E-state index in [9.17, 15) is 9.59 Å². The third-order valence-corrected chi connectivity index (χ3v) is 5.33. The van der Waals surface area contributed by atoms with Crippen molar-refractivity contribution in [2.24, 2.45) is 0 Å². The minimum Gasteiger partial charge on any atom is -0.484 e. The molecule has 2 aromatic rings. The highest BCUT2D eigenvalue weighted by Crippen LogP contribution is 2.28. The van der Waals surface area contributed by atoms with E-state index in [1.807, 2.05) is 30.3 Å². The lowest BCUT2D eigenvalue weighted by molar-refractivity contribution is -0.118. The highest BCUT2D eigenvalue weighted by molar-refractivity contribution is 5.94. The maximum absolute atomic E-state index is 12.2. The summed E-state index contributed by atoms with van der Waals surface area (Å²) in [6.07, 6.45) is 4.56. The van der Waals surface area contributed by atoms with Gasteiger partial charge in [-0.1, -0.05) is 58.7 Å². The zero-order valence-corrected chi connectivity index (χ0v) is 18.6. The number of rotatable bonds is 11. The Labute approximate surface area is 180 Å². The lowest BCUT2D eigenvalue weighted by Gasteiger charge is -2.23. The molecule has 0 heterocycles. The number of hydrogen-bond donors (Lipinski definition) is 2. The van der Waals surface area contributed by atoms with Gasteiger partial charge in [-0.05, 0) is 54.2 Å². The number of carbonyl (C=O) groups excluding carboxylic acids is 2. The molecule has 30 heavy (non-hydrogen) atoms. The van der Waals surface area contributed by atoms with Crippen LogP contribution in [0.25, 0.3) is 0 Å². The third-order valence-electron chi connectivity index (χ3n) is 5.33. The Morgan fingerprint density at radius 1 is 0.900 bits per heavy atom. The van der Waals surface area contributed by atoms with Gasteiger partial charge in [0.15, 0.2) is 6.61 Å². The SMILES string of the molecule is CCCCCC(=O)Nc1cccc(NC(=O)COc2ccc(C(C)(C)CC)cc2)c1. The number of anilines is 2. The topological polar surface area (TPSA) is 67.4 Å². The standard InChI is InChI=1S/C25H34N2O3/c1-5-7-8-12-23(28)26-20-10-9-11-21(17-20)27-24(29)18-30-22-15-13-19(14-16-22)25(3,4)6-2/h9-11,13-17H,5-8,12,18H2,1-4H3,(H,26,28)(H,27,29). The fraction of sp³-hybridized carbons (Fsp3) is 0.440. The maximum atomic E-state index is 12.2. The summed E-state index contributed by atoms with van der Waals surface area (Å²) in [5.41, 5.74) is 2.65. The van der Waals surface area contributed by atoms with E-state index in [0.717, 1.165) is 25.7 Å². The Balaban J connectivity index is 1.84. The van der Waals surface area contributed by atoms with Crippen LogP contribution < -0.4 is 15.4 Å². The van der Waals surface area contributed by atoms with Gasteiger partial charge in [-0.25, -0.2) is 0 Å². The van der Waals surface area contributed by atoms with Crippen LogP contribution in [0, 0.1) is 0 Å². The molecule has 0 fully saturated rings. The van der Waals surface area contributed by atoms with Gasteiger partial charge in [0.1, 0.15) is 5.75 Å². The molecule has 0 aliphatic heterocycles. The minimum atomic E-state index is -0.251. The van der Waals surface area contributed by atoms with Crippen LogP contribution in [0.2, 0.25) is 0 Å². The normalized spacial score (nSPS) is 11.1. The van der Waals surface area contributed by atoms with Crippen molar-refractivity contribution in [3.63, 3.8) is 0 Å². The number of ether oxygens (including phenoxy) is 1. The molecule has 0 bridgehead atoms. The largest absolute Gasteiger partial charge is 0.484 e. The third kappa shape index (κ3) is 7.54. The van der Waals surface area contributed by atoms with Crippen LogP contribution in [0.15, 0.2) is 48.5 Å². The van der Waals surface area contributed by atoms with Gasteiger partial charge in [0.25, 0.3) is 5.91 Å². The first-order valence-electron chi connectivity index (χ1n) is 10.8. The van der Waals surface area contributed by atoms with Gasteiger partial charge in [-0.3, -0.25) is 9.59 Å². The summed E-state index contributed by atoms with van der Waals surface area (Å²) in [5.74, 6) is 0.401. The maximum Gasteiger partial charge on any atom is 0.262 e. The molecule has 2 amide bonds. The highest BCUT2D eigenvalue weighted by atomic mass is 16.5. The number of benzene rings is 2. The molecule has 0 spiro atoms. The Hall–Kier alpha value is -2.82. The van der Waals surface area contributed by atoms with Gasteiger partial charge in [-0.15, -0.1) is 0 Å². The van der Waals surface area contributed by atoms with Gasteiger partial charge in [0, 0.05) is 17.8 Å². The molecule has 2 rings (SSSR count). The summed E-state index contributed by atoms with van der Waals surface area (Å²) < 4.78 is 5.61. The Kier molecular flexibility index (Phi) is 8.90. The Bertz CT molecular complexity index is 829. The van der Waals surface area contributed by atoms with E-state index in [4.69, 9.17) is 4.74 Å². The first kappa shape index (κ1) is 23.5. The van der Waals surface area contributed by atoms with Crippen LogP contribution in [0.5, 0.6) is 5.75 Å². The molecule has 0 saturated heterocycles. The van der Waals surface area contributed by atoms with E-state index >= 15 is 0 Å². The van der Waals surface area contributed by atoms with Gasteiger partial charge in [-0.2, -0.15) is 0 Å². The van der Waals surface area contributed by atoms with E-state index in [1.54, 1.807) is 18.2 Å².